The van der Waals surface area contributed by atoms with Gasteiger partial charge in [-0.05, 0) is 31.2 Å². The highest BCUT2D eigenvalue weighted by Crippen LogP contribution is 2.29. The van der Waals surface area contributed by atoms with Crippen molar-refractivity contribution in [3.8, 4) is 11.5 Å². The fourth-order valence-electron chi connectivity index (χ4n) is 2.81. The van der Waals surface area contributed by atoms with Crippen molar-refractivity contribution in [3.05, 3.63) is 48.3 Å². The Kier molecular flexibility index (Phi) is 5.09. The smallest absolute Gasteiger partial charge is 0.244 e. The van der Waals surface area contributed by atoms with Crippen molar-refractivity contribution >= 4 is 22.6 Å². The topological polar surface area (TPSA) is 85.6 Å². The maximum Gasteiger partial charge on any atom is 0.244 e. The van der Waals surface area contributed by atoms with E-state index in [1.165, 1.54) is 7.11 Å². The molecule has 0 aliphatic rings. The summed E-state index contributed by atoms with van der Waals surface area (Å²) in [5, 5.41) is 12.8. The van der Waals surface area contributed by atoms with Crippen molar-refractivity contribution in [1.29, 1.82) is 0 Å². The van der Waals surface area contributed by atoms with Gasteiger partial charge in [-0.15, -0.1) is 0 Å². The monoisotopic (exact) mass is 355 g/mol. The second-order valence-corrected chi connectivity index (χ2v) is 5.84. The maximum absolute atomic E-state index is 12.6. The first-order valence-electron chi connectivity index (χ1n) is 8.18. The van der Waals surface area contributed by atoms with Gasteiger partial charge in [0.2, 0.25) is 5.91 Å². The number of benzene rings is 2. The van der Waals surface area contributed by atoms with E-state index >= 15 is 0 Å². The molecule has 1 unspecified atom stereocenters. The van der Waals surface area contributed by atoms with E-state index in [-0.39, 0.29) is 12.5 Å². The Bertz CT molecular complexity index is 934. The van der Waals surface area contributed by atoms with Crippen LogP contribution in [0.1, 0.15) is 18.9 Å². The number of aromatic nitrogens is 2. The molecule has 0 radical (unpaired) electrons. The van der Waals surface area contributed by atoms with Crippen LogP contribution in [0.15, 0.2) is 42.5 Å². The average Bonchev–Trinajstić information content (AvgIpc) is 3.01. The quantitative estimate of drug-likeness (QED) is 0.710. The zero-order chi connectivity index (χ0) is 18.7. The Morgan fingerprint density at radius 3 is 2.69 bits per heavy atom. The second-order valence-electron chi connectivity index (χ2n) is 5.84. The third kappa shape index (κ3) is 3.48. The van der Waals surface area contributed by atoms with Gasteiger partial charge in [-0.3, -0.25) is 4.79 Å². The number of fused-ring (bicyclic) bond motifs is 1. The standard InChI is InChI=1S/C19H21N3O4/c1-12(23)19-21-14-6-4-5-7-16(14)22(19)11-18(24)20-15-9-8-13(25-2)10-17(15)26-3/h4-10,12,23H,11H2,1-3H3,(H,20,24). The van der Waals surface area contributed by atoms with Gasteiger partial charge < -0.3 is 24.5 Å². The van der Waals surface area contributed by atoms with Gasteiger partial charge in [0.05, 0.1) is 30.9 Å². The minimum absolute atomic E-state index is 0.0237. The lowest BCUT2D eigenvalue weighted by Crippen LogP contribution is -2.21. The summed E-state index contributed by atoms with van der Waals surface area (Å²) in [6.07, 6.45) is -0.786. The van der Waals surface area contributed by atoms with Gasteiger partial charge in [0.1, 0.15) is 30.0 Å². The zero-order valence-electron chi connectivity index (χ0n) is 14.9. The minimum Gasteiger partial charge on any atom is -0.497 e. The molecule has 3 aromatic rings. The summed E-state index contributed by atoms with van der Waals surface area (Å²) in [5.74, 6) is 1.34. The fraction of sp³-hybridized carbons (Fsp3) is 0.263. The molecule has 0 saturated heterocycles. The van der Waals surface area contributed by atoms with Crippen molar-refractivity contribution in [2.24, 2.45) is 0 Å². The molecule has 1 aromatic heterocycles. The molecule has 136 valence electrons. The van der Waals surface area contributed by atoms with E-state index in [1.807, 2.05) is 24.3 Å². The molecule has 0 fully saturated rings. The molecule has 26 heavy (non-hydrogen) atoms. The number of nitrogens with one attached hydrogen (secondary N) is 1. The number of aliphatic hydroxyl groups is 1. The number of ether oxygens (including phenoxy) is 2. The molecule has 0 saturated carbocycles. The van der Waals surface area contributed by atoms with E-state index in [0.717, 1.165) is 11.0 Å². The lowest BCUT2D eigenvalue weighted by Gasteiger charge is -2.14. The van der Waals surface area contributed by atoms with Crippen LogP contribution in [0.3, 0.4) is 0 Å². The number of imidazole rings is 1. The van der Waals surface area contributed by atoms with E-state index in [0.29, 0.717) is 23.0 Å². The SMILES string of the molecule is COc1ccc(NC(=O)Cn2c(C(C)O)nc3ccccc32)c(OC)c1. The molecule has 0 aliphatic carbocycles. The van der Waals surface area contributed by atoms with Crippen molar-refractivity contribution < 1.29 is 19.4 Å². The Balaban J connectivity index is 1.87. The molecule has 3 rings (SSSR count). The number of rotatable bonds is 6. The highest BCUT2D eigenvalue weighted by atomic mass is 16.5. The number of carbonyl (C=O) groups excluding carboxylic acids is 1. The van der Waals surface area contributed by atoms with Crippen LogP contribution in [0.2, 0.25) is 0 Å². The van der Waals surface area contributed by atoms with Crippen LogP contribution < -0.4 is 14.8 Å². The number of amides is 1. The van der Waals surface area contributed by atoms with Crippen molar-refractivity contribution in [1.82, 2.24) is 9.55 Å². The Hall–Kier alpha value is -3.06. The van der Waals surface area contributed by atoms with Gasteiger partial charge in [0, 0.05) is 6.07 Å². The number of nitrogens with zero attached hydrogens (tertiary/aromatic N) is 2. The van der Waals surface area contributed by atoms with Gasteiger partial charge in [-0.2, -0.15) is 0 Å². The molecule has 1 heterocycles. The van der Waals surface area contributed by atoms with Crippen molar-refractivity contribution in [2.45, 2.75) is 19.6 Å². The number of hydrogen-bond acceptors (Lipinski definition) is 5. The summed E-state index contributed by atoms with van der Waals surface area (Å²) in [6.45, 7) is 1.65. The third-order valence-corrected chi connectivity index (χ3v) is 4.04. The summed E-state index contributed by atoms with van der Waals surface area (Å²) < 4.78 is 12.2. The van der Waals surface area contributed by atoms with Gasteiger partial charge in [0.15, 0.2) is 0 Å². The van der Waals surface area contributed by atoms with E-state index < -0.39 is 6.10 Å². The molecule has 2 N–H and O–H groups in total. The Labute approximate surface area is 151 Å². The van der Waals surface area contributed by atoms with Crippen LogP contribution in [-0.2, 0) is 11.3 Å². The van der Waals surface area contributed by atoms with Crippen molar-refractivity contribution in [3.63, 3.8) is 0 Å². The molecule has 0 bridgehead atoms. The molecule has 1 atom stereocenters. The van der Waals surface area contributed by atoms with E-state index in [4.69, 9.17) is 9.47 Å². The predicted octanol–water partition coefficient (Wildman–Crippen LogP) is 2.75. The zero-order valence-corrected chi connectivity index (χ0v) is 14.9. The van der Waals surface area contributed by atoms with Gasteiger partial charge >= 0.3 is 0 Å². The summed E-state index contributed by atoms with van der Waals surface area (Å²) in [6, 6.07) is 12.6. The first-order chi connectivity index (χ1) is 12.5. The number of anilines is 1. The van der Waals surface area contributed by atoms with Gasteiger partial charge in [-0.25, -0.2) is 4.98 Å². The molecule has 0 aliphatic heterocycles. The second kappa shape index (κ2) is 7.45. The highest BCUT2D eigenvalue weighted by molar-refractivity contribution is 5.93. The van der Waals surface area contributed by atoms with Crippen molar-refractivity contribution in [2.75, 3.05) is 19.5 Å². The molecule has 1 amide bonds. The predicted molar refractivity (Wildman–Crippen MR) is 98.5 cm³/mol. The summed E-state index contributed by atoms with van der Waals surface area (Å²) in [7, 11) is 3.09. The van der Waals surface area contributed by atoms with E-state index in [2.05, 4.69) is 10.3 Å². The number of para-hydroxylation sites is 2. The number of hydrogen-bond donors (Lipinski definition) is 2. The summed E-state index contributed by atoms with van der Waals surface area (Å²) >= 11 is 0. The average molecular weight is 355 g/mol. The van der Waals surface area contributed by atoms with Crippen LogP contribution in [0.25, 0.3) is 11.0 Å². The lowest BCUT2D eigenvalue weighted by molar-refractivity contribution is -0.116. The Morgan fingerprint density at radius 2 is 2.00 bits per heavy atom. The number of carbonyl (C=O) groups is 1. The van der Waals surface area contributed by atoms with Crippen LogP contribution in [0, 0.1) is 0 Å². The number of aliphatic hydroxyl groups excluding tert-OH is 1. The van der Waals surface area contributed by atoms with Crippen LogP contribution in [0.4, 0.5) is 5.69 Å². The van der Waals surface area contributed by atoms with Crippen LogP contribution in [0.5, 0.6) is 11.5 Å². The minimum atomic E-state index is -0.786. The highest BCUT2D eigenvalue weighted by Gasteiger charge is 2.17. The third-order valence-electron chi connectivity index (χ3n) is 4.04. The van der Waals surface area contributed by atoms with Gasteiger partial charge in [0.25, 0.3) is 0 Å². The van der Waals surface area contributed by atoms with E-state index in [1.54, 1.807) is 36.8 Å². The normalized spacial score (nSPS) is 12.0. The molecular weight excluding hydrogens is 334 g/mol. The van der Waals surface area contributed by atoms with E-state index in [9.17, 15) is 9.90 Å². The first-order valence-corrected chi connectivity index (χ1v) is 8.18. The lowest BCUT2D eigenvalue weighted by atomic mass is 10.2. The van der Waals surface area contributed by atoms with Gasteiger partial charge in [-0.1, -0.05) is 12.1 Å². The van der Waals surface area contributed by atoms with Crippen LogP contribution in [-0.4, -0.2) is 34.8 Å². The maximum atomic E-state index is 12.6. The molecule has 0 spiro atoms. The largest absolute Gasteiger partial charge is 0.497 e. The molecule has 7 nitrogen and oxygen atoms in total. The molecule has 7 heteroatoms. The molecule has 2 aromatic carbocycles. The summed E-state index contributed by atoms with van der Waals surface area (Å²) in [5.41, 5.74) is 2.07. The Morgan fingerprint density at radius 1 is 1.23 bits per heavy atom. The molecular formula is C19H21N3O4. The number of methoxy groups -OCH3 is 2. The van der Waals surface area contributed by atoms with Crippen LogP contribution >= 0.6 is 0 Å². The first kappa shape index (κ1) is 17.8. The summed E-state index contributed by atoms with van der Waals surface area (Å²) in [4.78, 5) is 17.0. The fourth-order valence-corrected chi connectivity index (χ4v) is 2.81.